The van der Waals surface area contributed by atoms with Gasteiger partial charge in [-0.2, -0.15) is 0 Å². The monoisotopic (exact) mass is 327 g/mol. The van der Waals surface area contributed by atoms with Crippen LogP contribution in [-0.4, -0.2) is 31.6 Å². The summed E-state index contributed by atoms with van der Waals surface area (Å²) in [4.78, 5) is 12.1. The molecule has 0 aliphatic heterocycles. The van der Waals surface area contributed by atoms with Crippen molar-refractivity contribution < 1.29 is 13.2 Å². The second-order valence-corrected chi connectivity index (χ2v) is 8.72. The molecule has 0 heterocycles. The van der Waals surface area contributed by atoms with Crippen LogP contribution in [0, 0.1) is 0 Å². The first kappa shape index (κ1) is 16.4. The molecule has 4 nitrogen and oxygen atoms in total. The van der Waals surface area contributed by atoms with Crippen molar-refractivity contribution in [3.63, 3.8) is 0 Å². The van der Waals surface area contributed by atoms with E-state index in [4.69, 9.17) is 0 Å². The predicted molar refractivity (Wildman–Crippen MR) is 87.5 cm³/mol. The fourth-order valence-corrected chi connectivity index (χ4v) is 4.16. The highest BCUT2D eigenvalue weighted by Gasteiger charge is 2.15. The van der Waals surface area contributed by atoms with E-state index in [1.54, 1.807) is 23.9 Å². The zero-order valence-corrected chi connectivity index (χ0v) is 13.8. The maximum atomic E-state index is 11.9. The van der Waals surface area contributed by atoms with E-state index in [0.29, 0.717) is 16.7 Å². The fourth-order valence-electron chi connectivity index (χ4n) is 2.41. The lowest BCUT2D eigenvalue weighted by molar-refractivity contribution is -0.113. The number of benzene rings is 1. The zero-order valence-electron chi connectivity index (χ0n) is 12.2. The van der Waals surface area contributed by atoms with E-state index < -0.39 is 9.84 Å². The van der Waals surface area contributed by atoms with Crippen LogP contribution in [0.4, 0.5) is 5.69 Å². The molecule has 1 aromatic carbocycles. The first-order valence-electron chi connectivity index (χ1n) is 7.17. The van der Waals surface area contributed by atoms with E-state index >= 15 is 0 Å². The minimum Gasteiger partial charge on any atom is -0.325 e. The third-order valence-corrected chi connectivity index (χ3v) is 6.07. The summed E-state index contributed by atoms with van der Waals surface area (Å²) < 4.78 is 22.7. The molecule has 6 heteroatoms. The van der Waals surface area contributed by atoms with Gasteiger partial charge in [0.1, 0.15) is 0 Å². The van der Waals surface area contributed by atoms with Crippen LogP contribution >= 0.6 is 11.8 Å². The highest BCUT2D eigenvalue weighted by molar-refractivity contribution is 8.00. The number of hydrogen-bond donors (Lipinski definition) is 1. The largest absolute Gasteiger partial charge is 0.325 e. The Kier molecular flexibility index (Phi) is 5.70. The number of carbonyl (C=O) groups excluding carboxylic acids is 1. The SMILES string of the molecule is CS(=O)(=O)c1ccc(NC(=O)CSC2CCCCC2)cc1. The summed E-state index contributed by atoms with van der Waals surface area (Å²) in [6.45, 7) is 0. The highest BCUT2D eigenvalue weighted by Crippen LogP contribution is 2.28. The zero-order chi connectivity index (χ0) is 15.3. The molecule has 0 unspecified atom stereocenters. The van der Waals surface area contributed by atoms with Gasteiger partial charge in [0.15, 0.2) is 9.84 Å². The van der Waals surface area contributed by atoms with Crippen molar-refractivity contribution in [2.75, 3.05) is 17.3 Å². The molecule has 0 spiro atoms. The Morgan fingerprint density at radius 2 is 1.81 bits per heavy atom. The van der Waals surface area contributed by atoms with Gasteiger partial charge in [-0.3, -0.25) is 4.79 Å². The third kappa shape index (κ3) is 5.36. The molecule has 0 bridgehead atoms. The van der Waals surface area contributed by atoms with Crippen LogP contribution in [0.15, 0.2) is 29.2 Å². The minimum atomic E-state index is -3.19. The Bertz CT molecular complexity index is 575. The molecule has 116 valence electrons. The number of sulfone groups is 1. The van der Waals surface area contributed by atoms with E-state index in [9.17, 15) is 13.2 Å². The Balaban J connectivity index is 1.82. The quantitative estimate of drug-likeness (QED) is 0.902. The van der Waals surface area contributed by atoms with Crippen molar-refractivity contribution >= 4 is 33.2 Å². The lowest BCUT2D eigenvalue weighted by Gasteiger charge is -2.20. The normalized spacial score (nSPS) is 16.6. The number of anilines is 1. The van der Waals surface area contributed by atoms with Gasteiger partial charge in [-0.1, -0.05) is 19.3 Å². The lowest BCUT2D eigenvalue weighted by Crippen LogP contribution is -2.17. The Morgan fingerprint density at radius 1 is 1.19 bits per heavy atom. The smallest absolute Gasteiger partial charge is 0.234 e. The minimum absolute atomic E-state index is 0.0299. The molecule has 1 aromatic rings. The fraction of sp³-hybridized carbons (Fsp3) is 0.533. The van der Waals surface area contributed by atoms with Gasteiger partial charge in [-0.25, -0.2) is 8.42 Å². The summed E-state index contributed by atoms with van der Waals surface area (Å²) in [6, 6.07) is 6.28. The first-order valence-corrected chi connectivity index (χ1v) is 10.1. The van der Waals surface area contributed by atoms with E-state index in [0.717, 1.165) is 0 Å². The van der Waals surface area contributed by atoms with Crippen molar-refractivity contribution in [2.24, 2.45) is 0 Å². The van der Waals surface area contributed by atoms with Gasteiger partial charge in [-0.15, -0.1) is 11.8 Å². The topological polar surface area (TPSA) is 63.2 Å². The molecule has 1 N–H and O–H groups in total. The lowest BCUT2D eigenvalue weighted by atomic mass is 10.0. The molecule has 21 heavy (non-hydrogen) atoms. The van der Waals surface area contributed by atoms with Crippen LogP contribution in [0.5, 0.6) is 0 Å². The molecule has 1 amide bonds. The van der Waals surface area contributed by atoms with Crippen LogP contribution in [0.2, 0.25) is 0 Å². The van der Waals surface area contributed by atoms with Crippen molar-refractivity contribution in [1.82, 2.24) is 0 Å². The molecule has 1 saturated carbocycles. The number of hydrogen-bond acceptors (Lipinski definition) is 4. The maximum Gasteiger partial charge on any atom is 0.234 e. The number of amides is 1. The molecule has 2 rings (SSSR count). The van der Waals surface area contributed by atoms with E-state index in [1.165, 1.54) is 50.5 Å². The van der Waals surface area contributed by atoms with Crippen molar-refractivity contribution in [2.45, 2.75) is 42.2 Å². The van der Waals surface area contributed by atoms with E-state index in [2.05, 4.69) is 5.32 Å². The molecule has 0 saturated heterocycles. The van der Waals surface area contributed by atoms with Gasteiger partial charge in [0, 0.05) is 17.2 Å². The second kappa shape index (κ2) is 7.31. The van der Waals surface area contributed by atoms with Crippen molar-refractivity contribution in [3.05, 3.63) is 24.3 Å². The average Bonchev–Trinajstić information content (AvgIpc) is 2.46. The summed E-state index contributed by atoms with van der Waals surface area (Å²) >= 11 is 1.72. The standard InChI is InChI=1S/C15H21NO3S2/c1-21(18,19)14-9-7-12(8-10-14)16-15(17)11-20-13-5-3-2-4-6-13/h7-10,13H,2-6,11H2,1H3,(H,16,17). The van der Waals surface area contributed by atoms with Crippen LogP contribution in [-0.2, 0) is 14.6 Å². The summed E-state index contributed by atoms with van der Waals surface area (Å²) in [5.74, 6) is 0.427. The maximum absolute atomic E-state index is 11.9. The molecular formula is C15H21NO3S2. The summed E-state index contributed by atoms with van der Waals surface area (Å²) in [6.07, 6.45) is 7.44. The van der Waals surface area contributed by atoms with Gasteiger partial charge in [0.25, 0.3) is 0 Å². The van der Waals surface area contributed by atoms with E-state index in [1.807, 2.05) is 0 Å². The van der Waals surface area contributed by atoms with Crippen LogP contribution in [0.1, 0.15) is 32.1 Å². The summed E-state index contributed by atoms with van der Waals surface area (Å²) in [5.41, 5.74) is 0.636. The van der Waals surface area contributed by atoms with Crippen LogP contribution in [0.25, 0.3) is 0 Å². The number of rotatable bonds is 5. The van der Waals surface area contributed by atoms with Gasteiger partial charge >= 0.3 is 0 Å². The van der Waals surface area contributed by atoms with Gasteiger partial charge in [0.2, 0.25) is 5.91 Å². The molecule has 1 aliphatic rings. The Morgan fingerprint density at radius 3 is 2.38 bits per heavy atom. The number of carbonyl (C=O) groups is 1. The van der Waals surface area contributed by atoms with Crippen molar-refractivity contribution in [3.8, 4) is 0 Å². The number of nitrogens with one attached hydrogen (secondary N) is 1. The number of thioether (sulfide) groups is 1. The molecule has 1 fully saturated rings. The van der Waals surface area contributed by atoms with Crippen LogP contribution < -0.4 is 5.32 Å². The Labute approximate surface area is 130 Å². The van der Waals surface area contributed by atoms with Gasteiger partial charge < -0.3 is 5.32 Å². The third-order valence-electron chi connectivity index (χ3n) is 3.57. The first-order chi connectivity index (χ1) is 9.95. The summed E-state index contributed by atoms with van der Waals surface area (Å²) in [7, 11) is -3.19. The molecule has 0 atom stereocenters. The predicted octanol–water partition coefficient (Wildman–Crippen LogP) is 3.09. The van der Waals surface area contributed by atoms with Gasteiger partial charge in [-0.05, 0) is 37.1 Å². The van der Waals surface area contributed by atoms with E-state index in [-0.39, 0.29) is 10.8 Å². The Hall–Kier alpha value is -1.01. The molecule has 1 aliphatic carbocycles. The molecule has 0 aromatic heterocycles. The molecular weight excluding hydrogens is 306 g/mol. The highest BCUT2D eigenvalue weighted by atomic mass is 32.2. The second-order valence-electron chi connectivity index (χ2n) is 5.42. The average molecular weight is 327 g/mol. The molecule has 0 radical (unpaired) electrons. The van der Waals surface area contributed by atoms with Crippen molar-refractivity contribution in [1.29, 1.82) is 0 Å². The van der Waals surface area contributed by atoms with Gasteiger partial charge in [0.05, 0.1) is 10.6 Å². The van der Waals surface area contributed by atoms with Crippen LogP contribution in [0.3, 0.4) is 0 Å². The summed E-state index contributed by atoms with van der Waals surface area (Å²) in [5, 5.41) is 3.41.